The largest absolute Gasteiger partial charge is 0.461 e. The molecule has 0 aromatic heterocycles. The van der Waals surface area contributed by atoms with Crippen LogP contribution in [0.5, 0.6) is 0 Å². The van der Waals surface area contributed by atoms with Gasteiger partial charge < -0.3 is 24.5 Å². The van der Waals surface area contributed by atoms with Gasteiger partial charge in [-0.1, -0.05) is 39.5 Å². The molecule has 3 heterocycles. The van der Waals surface area contributed by atoms with E-state index in [4.69, 9.17) is 4.74 Å². The fourth-order valence-corrected chi connectivity index (χ4v) is 9.64. The summed E-state index contributed by atoms with van der Waals surface area (Å²) in [5.41, 5.74) is 1.79. The van der Waals surface area contributed by atoms with Gasteiger partial charge in [0.05, 0.1) is 29.2 Å². The van der Waals surface area contributed by atoms with Gasteiger partial charge in [-0.05, 0) is 56.4 Å². The van der Waals surface area contributed by atoms with Gasteiger partial charge in [0.2, 0.25) is 5.91 Å². The average molecular weight is 584 g/mol. The van der Waals surface area contributed by atoms with Crippen LogP contribution in [0.2, 0.25) is 0 Å². The summed E-state index contributed by atoms with van der Waals surface area (Å²) in [5, 5.41) is 10.4. The van der Waals surface area contributed by atoms with E-state index in [1.165, 1.54) is 6.08 Å². The Morgan fingerprint density at radius 1 is 1.17 bits per heavy atom. The van der Waals surface area contributed by atoms with Crippen LogP contribution in [0.15, 0.2) is 49.6 Å². The third-order valence-corrected chi connectivity index (χ3v) is 11.3. The molecule has 3 unspecified atom stereocenters. The van der Waals surface area contributed by atoms with Crippen LogP contribution in [0, 0.1) is 23.7 Å². The second kappa shape index (κ2) is 12.6. The molecule has 1 spiro atoms. The SMILES string of the molecule is C=CCOC(=O)[C@@H]1[C@H]2C(=O)N([C@@H](CO)C(C)C)C(C(=O)N(CC=C)c3ccc(N(CC)CC)cc3)C23S[C@@H]1CC3C. The molecule has 1 aromatic rings. The van der Waals surface area contributed by atoms with E-state index in [0.717, 1.165) is 24.5 Å². The predicted molar refractivity (Wildman–Crippen MR) is 165 cm³/mol. The first-order chi connectivity index (χ1) is 19.6. The third-order valence-electron chi connectivity index (χ3n) is 9.21. The topological polar surface area (TPSA) is 90.4 Å². The number of aliphatic hydroxyl groups excluding tert-OH is 1. The highest BCUT2D eigenvalue weighted by molar-refractivity contribution is 8.02. The lowest BCUT2D eigenvalue weighted by atomic mass is 9.66. The summed E-state index contributed by atoms with van der Waals surface area (Å²) < 4.78 is 4.68. The number of aliphatic hydroxyl groups is 1. The predicted octanol–water partition coefficient (Wildman–Crippen LogP) is 4.14. The van der Waals surface area contributed by atoms with E-state index in [2.05, 4.69) is 38.8 Å². The summed E-state index contributed by atoms with van der Waals surface area (Å²) in [6.45, 7) is 19.6. The molecule has 224 valence electrons. The lowest BCUT2D eigenvalue weighted by Gasteiger charge is -2.42. The van der Waals surface area contributed by atoms with E-state index in [1.54, 1.807) is 27.6 Å². The second-order valence-electron chi connectivity index (χ2n) is 11.6. The molecular weight excluding hydrogens is 538 g/mol. The van der Waals surface area contributed by atoms with Gasteiger partial charge in [0, 0.05) is 36.3 Å². The molecule has 2 amide bonds. The smallest absolute Gasteiger partial charge is 0.311 e. The molecule has 0 saturated carbocycles. The summed E-state index contributed by atoms with van der Waals surface area (Å²) in [4.78, 5) is 48.1. The summed E-state index contributed by atoms with van der Waals surface area (Å²) in [7, 11) is 0. The number of rotatable bonds is 13. The number of amides is 2. The van der Waals surface area contributed by atoms with Gasteiger partial charge in [-0.3, -0.25) is 14.4 Å². The van der Waals surface area contributed by atoms with Crippen LogP contribution in [0.1, 0.15) is 41.0 Å². The van der Waals surface area contributed by atoms with E-state index in [0.29, 0.717) is 6.42 Å². The Balaban J connectivity index is 1.81. The molecule has 8 nitrogen and oxygen atoms in total. The number of fused-ring (bicyclic) bond motifs is 1. The first kappa shape index (κ1) is 31.2. The molecule has 9 heteroatoms. The van der Waals surface area contributed by atoms with Crippen LogP contribution in [0.4, 0.5) is 11.4 Å². The van der Waals surface area contributed by atoms with E-state index in [1.807, 2.05) is 38.1 Å². The van der Waals surface area contributed by atoms with Gasteiger partial charge in [0.1, 0.15) is 12.6 Å². The zero-order valence-electron chi connectivity index (χ0n) is 25.0. The number of thioether (sulfide) groups is 1. The van der Waals surface area contributed by atoms with Gasteiger partial charge in [0.25, 0.3) is 5.91 Å². The Hall–Kier alpha value is -2.78. The van der Waals surface area contributed by atoms with Gasteiger partial charge in [-0.2, -0.15) is 0 Å². The minimum Gasteiger partial charge on any atom is -0.461 e. The Bertz CT molecular complexity index is 1150. The van der Waals surface area contributed by atoms with Gasteiger partial charge in [0.15, 0.2) is 0 Å². The Morgan fingerprint density at radius 2 is 1.80 bits per heavy atom. The summed E-state index contributed by atoms with van der Waals surface area (Å²) in [6.07, 6.45) is 3.92. The maximum Gasteiger partial charge on any atom is 0.311 e. The highest BCUT2D eigenvalue weighted by Crippen LogP contribution is 2.69. The van der Waals surface area contributed by atoms with Crippen molar-refractivity contribution in [2.75, 3.05) is 42.6 Å². The quantitative estimate of drug-likeness (QED) is 0.276. The molecule has 41 heavy (non-hydrogen) atoms. The number of hydrogen-bond donors (Lipinski definition) is 1. The fourth-order valence-electron chi connectivity index (χ4n) is 7.25. The third kappa shape index (κ3) is 5.09. The van der Waals surface area contributed by atoms with E-state index >= 15 is 0 Å². The van der Waals surface area contributed by atoms with Crippen molar-refractivity contribution in [3.63, 3.8) is 0 Å². The molecule has 3 fully saturated rings. The zero-order chi connectivity index (χ0) is 30.1. The Morgan fingerprint density at radius 3 is 2.34 bits per heavy atom. The summed E-state index contributed by atoms with van der Waals surface area (Å²) in [5.74, 6) is -2.30. The van der Waals surface area contributed by atoms with Gasteiger partial charge in [-0.25, -0.2) is 0 Å². The number of esters is 1. The van der Waals surface area contributed by atoms with Crippen molar-refractivity contribution in [2.45, 2.75) is 63.1 Å². The van der Waals surface area contributed by atoms with Gasteiger partial charge in [-0.15, -0.1) is 18.3 Å². The number of anilines is 2. The van der Waals surface area contributed by atoms with Crippen LogP contribution >= 0.6 is 11.8 Å². The lowest BCUT2D eigenvalue weighted by molar-refractivity contribution is -0.154. The monoisotopic (exact) mass is 583 g/mol. The number of carbonyl (C=O) groups is 3. The first-order valence-corrected chi connectivity index (χ1v) is 15.7. The number of nitrogens with zero attached hydrogens (tertiary/aromatic N) is 3. The molecule has 0 radical (unpaired) electrons. The first-order valence-electron chi connectivity index (χ1n) is 14.8. The average Bonchev–Trinajstić information content (AvgIpc) is 3.55. The number of benzene rings is 1. The van der Waals surface area contributed by atoms with Crippen molar-refractivity contribution < 1.29 is 24.2 Å². The van der Waals surface area contributed by atoms with Crippen LogP contribution in [-0.4, -0.2) is 82.7 Å². The number of carbonyl (C=O) groups excluding carboxylic acids is 3. The van der Waals surface area contributed by atoms with E-state index in [9.17, 15) is 19.5 Å². The molecule has 3 saturated heterocycles. The van der Waals surface area contributed by atoms with E-state index in [-0.39, 0.29) is 48.7 Å². The molecule has 3 aliphatic heterocycles. The summed E-state index contributed by atoms with van der Waals surface area (Å²) in [6, 6.07) is 6.50. The van der Waals surface area contributed by atoms with Crippen molar-refractivity contribution in [1.82, 2.24) is 4.90 Å². The van der Waals surface area contributed by atoms with Crippen LogP contribution in [0.3, 0.4) is 0 Å². The van der Waals surface area contributed by atoms with E-state index < -0.39 is 34.6 Å². The van der Waals surface area contributed by atoms with Crippen molar-refractivity contribution >= 4 is 40.9 Å². The Labute approximate surface area is 248 Å². The highest BCUT2D eigenvalue weighted by atomic mass is 32.2. The maximum absolute atomic E-state index is 14.8. The molecule has 3 aliphatic rings. The van der Waals surface area contributed by atoms with Crippen molar-refractivity contribution in [2.24, 2.45) is 23.7 Å². The molecular formula is C32H45N3O5S. The maximum atomic E-state index is 14.8. The zero-order valence-corrected chi connectivity index (χ0v) is 25.8. The van der Waals surface area contributed by atoms with Crippen molar-refractivity contribution in [3.8, 4) is 0 Å². The highest BCUT2D eigenvalue weighted by Gasteiger charge is 2.77. The minimum atomic E-state index is -0.843. The van der Waals surface area contributed by atoms with Crippen molar-refractivity contribution in [3.05, 3.63) is 49.6 Å². The summed E-state index contributed by atoms with van der Waals surface area (Å²) >= 11 is 1.60. The fraction of sp³-hybridized carbons (Fsp3) is 0.594. The van der Waals surface area contributed by atoms with Crippen LogP contribution in [-0.2, 0) is 19.1 Å². The number of ether oxygens (including phenoxy) is 1. The van der Waals surface area contributed by atoms with Gasteiger partial charge >= 0.3 is 5.97 Å². The minimum absolute atomic E-state index is 0.0102. The molecule has 1 N–H and O–H groups in total. The molecule has 1 aromatic carbocycles. The second-order valence-corrected chi connectivity index (χ2v) is 13.2. The molecule has 0 aliphatic carbocycles. The van der Waals surface area contributed by atoms with Crippen molar-refractivity contribution in [1.29, 1.82) is 0 Å². The number of likely N-dealkylation sites (tertiary alicyclic amines) is 1. The standard InChI is InChI=1S/C32H45N3O5S/c1-8-16-34(23-14-12-22(13-15-23)33(10-3)11-4)30(38)28-32-21(7)18-25(41-32)26(31(39)40-17-9-2)27(32)29(37)35(28)24(19-36)20(5)6/h8-9,12-15,20-21,24-28,36H,1-2,10-11,16-19H2,3-7H3/t21?,24-,25+,26-,27-,28?,32?/m0/s1. The lowest BCUT2D eigenvalue weighted by Crippen LogP contribution is -2.60. The van der Waals surface area contributed by atoms with Crippen LogP contribution in [0.25, 0.3) is 0 Å². The molecule has 7 atom stereocenters. The number of hydrogen-bond acceptors (Lipinski definition) is 7. The molecule has 2 bridgehead atoms. The normalized spacial score (nSPS) is 28.9. The van der Waals surface area contributed by atoms with Crippen LogP contribution < -0.4 is 9.80 Å². The molecule has 4 rings (SSSR count). The Kier molecular flexibility index (Phi) is 9.59.